The standard InChI is InChI=1S/C13H8FN3O/c1-7-8(6-15)12-16-9-4-2-3-5-10(9)17(12)13(18)11(7)14/h2-5,16H,1H3. The van der Waals surface area contributed by atoms with Gasteiger partial charge >= 0.3 is 0 Å². The number of para-hydroxylation sites is 2. The number of imidazole rings is 1. The largest absolute Gasteiger partial charge is 0.338 e. The highest BCUT2D eigenvalue weighted by atomic mass is 19.1. The molecule has 2 aromatic heterocycles. The van der Waals surface area contributed by atoms with Crippen molar-refractivity contribution in [3.63, 3.8) is 0 Å². The van der Waals surface area contributed by atoms with Crippen molar-refractivity contribution in [1.29, 1.82) is 5.26 Å². The molecule has 0 saturated carbocycles. The minimum absolute atomic E-state index is 0.0778. The van der Waals surface area contributed by atoms with Gasteiger partial charge in [-0.2, -0.15) is 5.26 Å². The number of benzene rings is 1. The highest BCUT2D eigenvalue weighted by Gasteiger charge is 2.17. The van der Waals surface area contributed by atoms with Gasteiger partial charge in [-0.25, -0.2) is 4.39 Å². The first-order valence-electron chi connectivity index (χ1n) is 5.36. The van der Waals surface area contributed by atoms with Gasteiger partial charge in [0.05, 0.1) is 16.6 Å². The van der Waals surface area contributed by atoms with Crippen molar-refractivity contribution in [3.05, 3.63) is 51.6 Å². The van der Waals surface area contributed by atoms with Crippen LogP contribution in [0.5, 0.6) is 0 Å². The molecular formula is C13H8FN3O. The van der Waals surface area contributed by atoms with E-state index in [9.17, 15) is 9.18 Å². The summed E-state index contributed by atoms with van der Waals surface area (Å²) >= 11 is 0. The number of fused-ring (bicyclic) bond motifs is 3. The van der Waals surface area contributed by atoms with Gasteiger partial charge in [-0.15, -0.1) is 0 Å². The third-order valence-electron chi connectivity index (χ3n) is 3.07. The van der Waals surface area contributed by atoms with E-state index in [1.165, 1.54) is 11.3 Å². The summed E-state index contributed by atoms with van der Waals surface area (Å²) in [6, 6.07) is 8.97. The van der Waals surface area contributed by atoms with Crippen molar-refractivity contribution in [2.24, 2.45) is 0 Å². The molecular weight excluding hydrogens is 233 g/mol. The molecule has 0 spiro atoms. The van der Waals surface area contributed by atoms with Gasteiger partial charge in [0.25, 0.3) is 5.56 Å². The summed E-state index contributed by atoms with van der Waals surface area (Å²) in [5.41, 5.74) is 1.09. The molecule has 18 heavy (non-hydrogen) atoms. The third kappa shape index (κ3) is 1.14. The molecule has 0 fully saturated rings. The molecule has 88 valence electrons. The Kier molecular flexibility index (Phi) is 2.01. The summed E-state index contributed by atoms with van der Waals surface area (Å²) in [5, 5.41) is 9.10. The zero-order valence-electron chi connectivity index (χ0n) is 9.49. The van der Waals surface area contributed by atoms with Gasteiger partial charge in [0, 0.05) is 5.56 Å². The molecule has 0 aliphatic rings. The monoisotopic (exact) mass is 241 g/mol. The number of rotatable bonds is 0. The van der Waals surface area contributed by atoms with E-state index in [0.29, 0.717) is 16.7 Å². The first-order valence-corrected chi connectivity index (χ1v) is 5.36. The van der Waals surface area contributed by atoms with Crippen molar-refractivity contribution in [2.75, 3.05) is 0 Å². The fourth-order valence-electron chi connectivity index (χ4n) is 2.15. The molecule has 3 rings (SSSR count). The predicted octanol–water partition coefficient (Wildman–Crippen LogP) is 2.10. The number of halogens is 1. The number of nitrogens with one attached hydrogen (secondary N) is 1. The van der Waals surface area contributed by atoms with Gasteiger partial charge in [-0.05, 0) is 19.1 Å². The number of nitriles is 1. The second kappa shape index (κ2) is 3.44. The third-order valence-corrected chi connectivity index (χ3v) is 3.07. The van der Waals surface area contributed by atoms with Crippen LogP contribution in [0.1, 0.15) is 11.1 Å². The van der Waals surface area contributed by atoms with Gasteiger partial charge in [-0.1, -0.05) is 12.1 Å². The maximum atomic E-state index is 13.8. The zero-order valence-corrected chi connectivity index (χ0v) is 9.49. The second-order valence-electron chi connectivity index (χ2n) is 4.06. The molecule has 0 amide bonds. The van der Waals surface area contributed by atoms with Gasteiger partial charge in [-0.3, -0.25) is 9.20 Å². The Hall–Kier alpha value is -2.61. The molecule has 0 saturated heterocycles. The van der Waals surface area contributed by atoms with E-state index in [1.807, 2.05) is 6.07 Å². The fraction of sp³-hybridized carbons (Fsp3) is 0.0769. The summed E-state index contributed by atoms with van der Waals surface area (Å²) < 4.78 is 15.0. The molecule has 1 N–H and O–H groups in total. The van der Waals surface area contributed by atoms with Crippen LogP contribution in [0.3, 0.4) is 0 Å². The average molecular weight is 241 g/mol. The fourth-order valence-corrected chi connectivity index (χ4v) is 2.15. The van der Waals surface area contributed by atoms with E-state index in [2.05, 4.69) is 4.98 Å². The Bertz CT molecular complexity index is 883. The molecule has 0 radical (unpaired) electrons. The Morgan fingerprint density at radius 2 is 2.11 bits per heavy atom. The van der Waals surface area contributed by atoms with E-state index >= 15 is 0 Å². The Labute approximate surface area is 101 Å². The molecule has 3 aromatic rings. The number of H-pyrrole nitrogens is 1. The summed E-state index contributed by atoms with van der Waals surface area (Å²) in [6.45, 7) is 1.43. The zero-order chi connectivity index (χ0) is 12.9. The van der Waals surface area contributed by atoms with Crippen LogP contribution in [0.25, 0.3) is 16.7 Å². The van der Waals surface area contributed by atoms with Crippen molar-refractivity contribution in [1.82, 2.24) is 9.38 Å². The quantitative estimate of drug-likeness (QED) is 0.655. The topological polar surface area (TPSA) is 61.1 Å². The minimum atomic E-state index is -0.881. The van der Waals surface area contributed by atoms with Crippen LogP contribution in [0, 0.1) is 24.1 Å². The van der Waals surface area contributed by atoms with Gasteiger partial charge in [0.15, 0.2) is 5.82 Å². The summed E-state index contributed by atoms with van der Waals surface area (Å²) in [4.78, 5) is 14.9. The molecule has 4 nitrogen and oxygen atoms in total. The van der Waals surface area contributed by atoms with Crippen LogP contribution < -0.4 is 5.56 Å². The van der Waals surface area contributed by atoms with Gasteiger partial charge in [0.2, 0.25) is 0 Å². The van der Waals surface area contributed by atoms with Crippen LogP contribution >= 0.6 is 0 Å². The number of hydrogen-bond acceptors (Lipinski definition) is 2. The van der Waals surface area contributed by atoms with Gasteiger partial charge in [0.1, 0.15) is 11.7 Å². The number of aromatic amines is 1. The lowest BCUT2D eigenvalue weighted by molar-refractivity contribution is 0.596. The van der Waals surface area contributed by atoms with Crippen LogP contribution in [-0.4, -0.2) is 9.38 Å². The smallest absolute Gasteiger partial charge is 0.293 e. The van der Waals surface area contributed by atoms with E-state index < -0.39 is 11.4 Å². The van der Waals surface area contributed by atoms with E-state index in [4.69, 9.17) is 5.26 Å². The SMILES string of the molecule is Cc1c(F)c(=O)n2c([nH]c3ccccc32)c1C#N. The lowest BCUT2D eigenvalue weighted by Gasteiger charge is -2.01. The Morgan fingerprint density at radius 1 is 1.39 bits per heavy atom. The molecule has 1 aromatic carbocycles. The summed E-state index contributed by atoms with van der Waals surface area (Å²) in [5.74, 6) is -0.881. The van der Waals surface area contributed by atoms with Crippen molar-refractivity contribution in [2.45, 2.75) is 6.92 Å². The molecule has 0 unspecified atom stereocenters. The summed E-state index contributed by atoms with van der Waals surface area (Å²) in [7, 11) is 0. The highest BCUT2D eigenvalue weighted by molar-refractivity contribution is 5.82. The molecule has 0 bridgehead atoms. The number of aromatic nitrogens is 2. The predicted molar refractivity (Wildman–Crippen MR) is 64.9 cm³/mol. The van der Waals surface area contributed by atoms with Crippen molar-refractivity contribution in [3.8, 4) is 6.07 Å². The number of pyridine rings is 1. The number of nitrogens with zero attached hydrogens (tertiary/aromatic N) is 2. The lowest BCUT2D eigenvalue weighted by Crippen LogP contribution is -2.19. The van der Waals surface area contributed by atoms with E-state index in [0.717, 1.165) is 0 Å². The summed E-state index contributed by atoms with van der Waals surface area (Å²) in [6.07, 6.45) is 0. The van der Waals surface area contributed by atoms with Gasteiger partial charge < -0.3 is 4.98 Å². The average Bonchev–Trinajstić information content (AvgIpc) is 2.76. The normalized spacial score (nSPS) is 10.9. The molecule has 2 heterocycles. The second-order valence-corrected chi connectivity index (χ2v) is 4.06. The first kappa shape index (κ1) is 10.5. The highest BCUT2D eigenvalue weighted by Crippen LogP contribution is 2.20. The van der Waals surface area contributed by atoms with E-state index in [1.54, 1.807) is 24.3 Å². The number of hydrogen-bond donors (Lipinski definition) is 1. The van der Waals surface area contributed by atoms with E-state index in [-0.39, 0.29) is 11.1 Å². The molecule has 0 aliphatic carbocycles. The van der Waals surface area contributed by atoms with Crippen molar-refractivity contribution >= 4 is 16.7 Å². The maximum Gasteiger partial charge on any atom is 0.293 e. The molecule has 5 heteroatoms. The van der Waals surface area contributed by atoms with Crippen LogP contribution in [-0.2, 0) is 0 Å². The maximum absolute atomic E-state index is 13.8. The molecule has 0 atom stereocenters. The van der Waals surface area contributed by atoms with Crippen LogP contribution in [0.2, 0.25) is 0 Å². The molecule has 0 aliphatic heterocycles. The Balaban J connectivity index is 2.74. The Morgan fingerprint density at radius 3 is 2.83 bits per heavy atom. The van der Waals surface area contributed by atoms with Crippen LogP contribution in [0.15, 0.2) is 29.1 Å². The lowest BCUT2D eigenvalue weighted by atomic mass is 10.1. The minimum Gasteiger partial charge on any atom is -0.338 e. The van der Waals surface area contributed by atoms with Crippen LogP contribution in [0.4, 0.5) is 4.39 Å². The van der Waals surface area contributed by atoms with Crippen molar-refractivity contribution < 1.29 is 4.39 Å². The first-order chi connectivity index (χ1) is 8.65.